The third kappa shape index (κ3) is 6.63. The molecule has 0 saturated carbocycles. The summed E-state index contributed by atoms with van der Waals surface area (Å²) in [7, 11) is 0. The largest absolute Gasteiger partial charge is 0.412 e. The Bertz CT molecular complexity index is 855. The molecule has 29 heavy (non-hydrogen) atoms. The molecule has 1 unspecified atom stereocenters. The van der Waals surface area contributed by atoms with Gasteiger partial charge < -0.3 is 5.32 Å². The van der Waals surface area contributed by atoms with Crippen molar-refractivity contribution >= 4 is 23.4 Å². The molecule has 0 aromatic heterocycles. The summed E-state index contributed by atoms with van der Waals surface area (Å²) in [6.07, 6.45) is 2.08. The van der Waals surface area contributed by atoms with Gasteiger partial charge in [-0.2, -0.15) is 13.2 Å². The number of amidine groups is 2. The molecule has 0 bridgehead atoms. The zero-order valence-corrected chi connectivity index (χ0v) is 17.8. The molecule has 2 aliphatic rings. The number of halogens is 3. The van der Waals surface area contributed by atoms with Crippen molar-refractivity contribution in [3.8, 4) is 0 Å². The van der Waals surface area contributed by atoms with Gasteiger partial charge >= 0.3 is 6.18 Å². The van der Waals surface area contributed by atoms with Crippen molar-refractivity contribution in [1.29, 1.82) is 0 Å². The molecule has 1 N–H and O–H groups in total. The molecular weight excluding hydrogens is 395 g/mol. The maximum absolute atomic E-state index is 13.1. The van der Waals surface area contributed by atoms with Gasteiger partial charge in [-0.15, -0.1) is 11.8 Å². The normalized spacial score (nSPS) is 26.8. The lowest BCUT2D eigenvalue weighted by Gasteiger charge is -2.23. The minimum Gasteiger partial charge on any atom is -0.343 e. The van der Waals surface area contributed by atoms with Crippen molar-refractivity contribution in [2.45, 2.75) is 33.4 Å². The number of thioether (sulfide) groups is 1. The van der Waals surface area contributed by atoms with E-state index in [1.165, 1.54) is 6.08 Å². The highest BCUT2D eigenvalue weighted by Crippen LogP contribution is 2.37. The summed E-state index contributed by atoms with van der Waals surface area (Å²) in [6, 6.07) is 0. The summed E-state index contributed by atoms with van der Waals surface area (Å²) in [6.45, 7) is 13.6. The minimum absolute atomic E-state index is 0.243. The SMILES string of the molecule is C=C/C=C(\C)C(=C)N/C1=N/C(C2=CC=C(C(F)(F)F)C(C)C2)=N\C/C(C)=C\SC1. The first-order valence-electron chi connectivity index (χ1n) is 9.25. The van der Waals surface area contributed by atoms with Gasteiger partial charge in [0.1, 0.15) is 5.84 Å². The molecule has 0 saturated heterocycles. The van der Waals surface area contributed by atoms with Crippen LogP contribution in [0, 0.1) is 5.92 Å². The number of hydrogen-bond donors (Lipinski definition) is 1. The van der Waals surface area contributed by atoms with Crippen LogP contribution in [0.25, 0.3) is 0 Å². The lowest BCUT2D eigenvalue weighted by Crippen LogP contribution is -2.27. The van der Waals surface area contributed by atoms with Crippen molar-refractivity contribution in [1.82, 2.24) is 5.32 Å². The van der Waals surface area contributed by atoms with Crippen LogP contribution in [-0.2, 0) is 0 Å². The first-order chi connectivity index (χ1) is 13.6. The van der Waals surface area contributed by atoms with E-state index in [2.05, 4.69) is 28.5 Å². The first-order valence-corrected chi connectivity index (χ1v) is 10.3. The fourth-order valence-corrected chi connectivity index (χ4v) is 3.62. The van der Waals surface area contributed by atoms with Crippen LogP contribution in [0.1, 0.15) is 27.2 Å². The molecule has 0 amide bonds. The third-order valence-electron chi connectivity index (χ3n) is 4.50. The van der Waals surface area contributed by atoms with E-state index in [4.69, 9.17) is 0 Å². The van der Waals surface area contributed by atoms with Crippen molar-refractivity contribution in [2.75, 3.05) is 12.3 Å². The van der Waals surface area contributed by atoms with E-state index in [0.29, 0.717) is 35.2 Å². The predicted molar refractivity (Wildman–Crippen MR) is 118 cm³/mol. The molecule has 3 nitrogen and oxygen atoms in total. The molecule has 0 aromatic carbocycles. The van der Waals surface area contributed by atoms with Crippen molar-refractivity contribution in [3.05, 3.63) is 70.9 Å². The summed E-state index contributed by atoms with van der Waals surface area (Å²) in [5.41, 5.74) is 2.86. The Labute approximate surface area is 174 Å². The number of nitrogens with zero attached hydrogens (tertiary/aromatic N) is 2. The van der Waals surface area contributed by atoms with E-state index in [0.717, 1.165) is 17.2 Å². The Kier molecular flexibility index (Phi) is 7.90. The van der Waals surface area contributed by atoms with Crippen molar-refractivity contribution < 1.29 is 13.2 Å². The summed E-state index contributed by atoms with van der Waals surface area (Å²) in [4.78, 5) is 9.24. The smallest absolute Gasteiger partial charge is 0.343 e. The molecule has 2 rings (SSSR count). The molecular formula is C22H26F3N3S. The van der Waals surface area contributed by atoms with Gasteiger partial charge in [0.25, 0.3) is 0 Å². The van der Waals surface area contributed by atoms with Crippen LogP contribution < -0.4 is 5.32 Å². The van der Waals surface area contributed by atoms with E-state index in [-0.39, 0.29) is 6.42 Å². The van der Waals surface area contributed by atoms with E-state index in [1.54, 1.807) is 24.8 Å². The number of alkyl halides is 3. The molecule has 0 radical (unpaired) electrons. The second-order valence-corrected chi connectivity index (χ2v) is 7.94. The van der Waals surface area contributed by atoms with Crippen LogP contribution >= 0.6 is 11.8 Å². The van der Waals surface area contributed by atoms with Crippen LogP contribution in [0.2, 0.25) is 0 Å². The second-order valence-electron chi connectivity index (χ2n) is 7.08. The Morgan fingerprint density at radius 3 is 2.69 bits per heavy atom. The van der Waals surface area contributed by atoms with Crippen molar-refractivity contribution in [2.24, 2.45) is 15.9 Å². The molecule has 1 aliphatic carbocycles. The highest BCUT2D eigenvalue weighted by atomic mass is 32.2. The van der Waals surface area contributed by atoms with Crippen LogP contribution in [0.15, 0.2) is 80.8 Å². The molecule has 1 heterocycles. The number of hydrogen-bond acceptors (Lipinski definition) is 4. The molecule has 1 atom stereocenters. The summed E-state index contributed by atoms with van der Waals surface area (Å²) >= 11 is 1.59. The average Bonchev–Trinajstić information content (AvgIpc) is 2.71. The fourth-order valence-electron chi connectivity index (χ4n) is 2.88. The van der Waals surface area contributed by atoms with Gasteiger partial charge in [0.2, 0.25) is 0 Å². The Balaban J connectivity index is 2.38. The van der Waals surface area contributed by atoms with Crippen LogP contribution in [0.4, 0.5) is 13.2 Å². The molecule has 1 aliphatic heterocycles. The predicted octanol–water partition coefficient (Wildman–Crippen LogP) is 6.12. The van der Waals surface area contributed by atoms with Gasteiger partial charge in [-0.25, -0.2) is 4.99 Å². The van der Waals surface area contributed by atoms with Crippen LogP contribution in [0.3, 0.4) is 0 Å². The van der Waals surface area contributed by atoms with Gasteiger partial charge in [0.05, 0.1) is 12.3 Å². The van der Waals surface area contributed by atoms with E-state index in [1.807, 2.05) is 25.3 Å². The molecule has 7 heteroatoms. The second kappa shape index (κ2) is 9.96. The first kappa shape index (κ1) is 23.0. The summed E-state index contributed by atoms with van der Waals surface area (Å²) in [5, 5.41) is 5.24. The number of aliphatic imine (C=N–C) groups is 2. The third-order valence-corrected chi connectivity index (χ3v) is 5.51. The molecule has 0 spiro atoms. The van der Waals surface area contributed by atoms with Gasteiger partial charge in [-0.05, 0) is 48.3 Å². The van der Waals surface area contributed by atoms with Crippen molar-refractivity contribution in [3.63, 3.8) is 0 Å². The van der Waals surface area contributed by atoms with Gasteiger partial charge in [-0.3, -0.25) is 4.99 Å². The Morgan fingerprint density at radius 1 is 1.34 bits per heavy atom. The highest BCUT2D eigenvalue weighted by Gasteiger charge is 2.38. The van der Waals surface area contributed by atoms with Gasteiger partial charge in [0, 0.05) is 11.3 Å². The number of nitrogens with one attached hydrogen (secondary N) is 1. The molecule has 156 valence electrons. The van der Waals surface area contributed by atoms with Crippen LogP contribution in [-0.4, -0.2) is 30.1 Å². The van der Waals surface area contributed by atoms with E-state index in [9.17, 15) is 13.2 Å². The van der Waals surface area contributed by atoms with E-state index >= 15 is 0 Å². The average molecular weight is 422 g/mol. The molecule has 0 aromatic rings. The Hall–Kier alpha value is -2.28. The summed E-state index contributed by atoms with van der Waals surface area (Å²) in [5.74, 6) is 1.05. The quantitative estimate of drug-likeness (QED) is 0.555. The zero-order chi connectivity index (χ0) is 21.6. The Morgan fingerprint density at radius 2 is 2.07 bits per heavy atom. The maximum atomic E-state index is 13.1. The minimum atomic E-state index is -4.32. The maximum Gasteiger partial charge on any atom is 0.412 e. The molecule has 0 fully saturated rings. The van der Waals surface area contributed by atoms with Gasteiger partial charge in [-0.1, -0.05) is 44.4 Å². The topological polar surface area (TPSA) is 36.8 Å². The van der Waals surface area contributed by atoms with Crippen LogP contribution in [0.5, 0.6) is 0 Å². The highest BCUT2D eigenvalue weighted by molar-refractivity contribution is 8.02. The summed E-state index contributed by atoms with van der Waals surface area (Å²) < 4.78 is 39.4. The van der Waals surface area contributed by atoms with E-state index < -0.39 is 17.7 Å². The van der Waals surface area contributed by atoms with Gasteiger partial charge in [0.15, 0.2) is 5.84 Å². The lowest BCUT2D eigenvalue weighted by atomic mass is 9.87. The zero-order valence-electron chi connectivity index (χ0n) is 16.9. The monoisotopic (exact) mass is 421 g/mol. The number of allylic oxidation sites excluding steroid dienone is 6. The number of rotatable bonds is 4. The fraction of sp³-hybridized carbons (Fsp3) is 0.364. The lowest BCUT2D eigenvalue weighted by molar-refractivity contribution is -0.0984. The standard InChI is InChI=1S/C22H26F3N3S/c1-6-7-15(3)17(5)27-20-13-29-12-14(2)11-26-21(28-20)18-8-9-19(16(4)10-18)22(23,24)25/h6-9,12,16H,1,5,10-11,13H2,2-4H3,(H,26,27,28)/b14-12-,15-7+.